The van der Waals surface area contributed by atoms with Crippen molar-refractivity contribution in [3.63, 3.8) is 0 Å². The molecular weight excluding hydrogens is 206 g/mol. The number of hydrogen-bond acceptors (Lipinski definition) is 5. The van der Waals surface area contributed by atoms with Crippen LogP contribution in [0.3, 0.4) is 0 Å². The first-order chi connectivity index (χ1) is 6.56. The number of nitrogens with zero attached hydrogens (tertiary/aromatic N) is 1. The molecule has 0 aromatic heterocycles. The number of amides is 2. The molecule has 0 spiro atoms. The Labute approximate surface area is 84.8 Å². The highest BCUT2D eigenvalue weighted by Gasteiger charge is 2.38. The number of aliphatic carboxylic acids is 1. The average molecular weight is 214 g/mol. The monoisotopic (exact) mass is 214 g/mol. The molecule has 14 heavy (non-hydrogen) atoms. The molecule has 1 atom stereocenters. The van der Waals surface area contributed by atoms with E-state index in [0.717, 1.165) is 16.7 Å². The van der Waals surface area contributed by atoms with Gasteiger partial charge < -0.3 is 9.90 Å². The van der Waals surface area contributed by atoms with E-state index < -0.39 is 28.8 Å². The molecule has 6 heteroatoms. The van der Waals surface area contributed by atoms with Crippen molar-refractivity contribution in [2.75, 3.05) is 6.54 Å². The van der Waals surface area contributed by atoms with Gasteiger partial charge in [-0.05, 0) is 0 Å². The van der Waals surface area contributed by atoms with Gasteiger partial charge in [0.15, 0.2) is 0 Å². The van der Waals surface area contributed by atoms with Crippen LogP contribution in [0.2, 0.25) is 0 Å². The zero-order chi connectivity index (χ0) is 10.7. The van der Waals surface area contributed by atoms with E-state index in [0.29, 0.717) is 0 Å². The van der Waals surface area contributed by atoms with Gasteiger partial charge in [0.05, 0.1) is 5.25 Å². The summed E-state index contributed by atoms with van der Waals surface area (Å²) in [5.41, 5.74) is 0. The summed E-state index contributed by atoms with van der Waals surface area (Å²) in [6, 6.07) is 0. The third-order valence-corrected chi connectivity index (χ3v) is 2.74. The van der Waals surface area contributed by atoms with E-state index in [1.165, 1.54) is 6.08 Å². The number of hydrogen-bond donors (Lipinski definition) is 0. The van der Waals surface area contributed by atoms with Crippen LogP contribution in [-0.2, 0) is 9.59 Å². The Kier molecular flexibility index (Phi) is 3.29. The highest BCUT2D eigenvalue weighted by molar-refractivity contribution is 8.15. The topological polar surface area (TPSA) is 77.5 Å². The predicted molar refractivity (Wildman–Crippen MR) is 48.3 cm³/mol. The normalized spacial score (nSPS) is 21.4. The van der Waals surface area contributed by atoms with Crippen LogP contribution in [0.25, 0.3) is 0 Å². The minimum absolute atomic E-state index is 0.119. The van der Waals surface area contributed by atoms with Crippen molar-refractivity contribution in [1.29, 1.82) is 0 Å². The lowest BCUT2D eigenvalue weighted by Crippen LogP contribution is -2.34. The van der Waals surface area contributed by atoms with Crippen LogP contribution < -0.4 is 5.11 Å². The molecule has 1 aliphatic heterocycles. The van der Waals surface area contributed by atoms with Crippen LogP contribution in [0.5, 0.6) is 0 Å². The van der Waals surface area contributed by atoms with Crippen molar-refractivity contribution >= 4 is 28.9 Å². The SMILES string of the molecule is C=CCN1C(=O)S[C@H](CC(=O)[O-])C1=O. The fourth-order valence-corrected chi connectivity index (χ4v) is 2.06. The van der Waals surface area contributed by atoms with Gasteiger partial charge in [0.1, 0.15) is 0 Å². The van der Waals surface area contributed by atoms with E-state index in [4.69, 9.17) is 0 Å². The number of thioether (sulfide) groups is 1. The third kappa shape index (κ3) is 2.14. The molecule has 0 radical (unpaired) electrons. The molecule has 1 saturated heterocycles. The second-order valence-corrected chi connectivity index (χ2v) is 3.84. The first-order valence-corrected chi connectivity index (χ1v) is 4.77. The van der Waals surface area contributed by atoms with Crippen molar-refractivity contribution in [3.05, 3.63) is 12.7 Å². The standard InChI is InChI=1S/C8H9NO4S/c1-2-3-9-7(12)5(4-6(10)11)14-8(9)13/h2,5H,1,3-4H2,(H,10,11)/p-1/t5-/m1/s1. The second kappa shape index (κ2) is 4.28. The summed E-state index contributed by atoms with van der Waals surface area (Å²) >= 11 is 0.719. The van der Waals surface area contributed by atoms with Gasteiger partial charge in [0.25, 0.3) is 5.24 Å². The lowest BCUT2D eigenvalue weighted by Gasteiger charge is -2.10. The quantitative estimate of drug-likeness (QED) is 0.583. The Morgan fingerprint density at radius 1 is 1.64 bits per heavy atom. The van der Waals surface area contributed by atoms with Crippen LogP contribution in [0, 0.1) is 0 Å². The van der Waals surface area contributed by atoms with Crippen molar-refractivity contribution < 1.29 is 19.5 Å². The highest BCUT2D eigenvalue weighted by Crippen LogP contribution is 2.28. The molecule has 1 fully saturated rings. The van der Waals surface area contributed by atoms with Crippen molar-refractivity contribution in [3.8, 4) is 0 Å². The molecule has 0 saturated carbocycles. The van der Waals surface area contributed by atoms with E-state index in [-0.39, 0.29) is 6.54 Å². The zero-order valence-corrected chi connectivity index (χ0v) is 8.08. The maximum absolute atomic E-state index is 11.4. The Morgan fingerprint density at radius 3 is 2.79 bits per heavy atom. The summed E-state index contributed by atoms with van der Waals surface area (Å²) in [6.07, 6.45) is 0.987. The summed E-state index contributed by atoms with van der Waals surface area (Å²) in [4.78, 5) is 33.8. The van der Waals surface area contributed by atoms with Crippen LogP contribution in [0.15, 0.2) is 12.7 Å². The number of imide groups is 1. The fourth-order valence-electron chi connectivity index (χ4n) is 1.07. The minimum Gasteiger partial charge on any atom is -0.550 e. The lowest BCUT2D eigenvalue weighted by molar-refractivity contribution is -0.305. The summed E-state index contributed by atoms with van der Waals surface area (Å²) < 4.78 is 0. The van der Waals surface area contributed by atoms with Crippen molar-refractivity contribution in [2.24, 2.45) is 0 Å². The maximum Gasteiger partial charge on any atom is 0.289 e. The summed E-state index contributed by atoms with van der Waals surface area (Å²) in [5, 5.41) is 8.98. The molecule has 1 rings (SSSR count). The Morgan fingerprint density at radius 2 is 2.29 bits per heavy atom. The molecule has 2 amide bonds. The van der Waals surface area contributed by atoms with E-state index in [1.807, 2.05) is 0 Å². The van der Waals surface area contributed by atoms with E-state index in [9.17, 15) is 19.5 Å². The summed E-state index contributed by atoms with van der Waals surface area (Å²) in [6.45, 7) is 3.51. The Balaban J connectivity index is 2.68. The molecule has 5 nitrogen and oxygen atoms in total. The van der Waals surface area contributed by atoms with Gasteiger partial charge in [-0.15, -0.1) is 6.58 Å². The highest BCUT2D eigenvalue weighted by atomic mass is 32.2. The van der Waals surface area contributed by atoms with E-state index in [2.05, 4.69) is 6.58 Å². The Hall–Kier alpha value is -1.30. The number of carbonyl (C=O) groups excluding carboxylic acids is 3. The minimum atomic E-state index is -1.33. The summed E-state index contributed by atoms with van der Waals surface area (Å²) in [5.74, 6) is -1.81. The first-order valence-electron chi connectivity index (χ1n) is 3.89. The Bertz CT molecular complexity index is 302. The van der Waals surface area contributed by atoms with Gasteiger partial charge in [-0.25, -0.2) is 0 Å². The van der Waals surface area contributed by atoms with Gasteiger partial charge >= 0.3 is 0 Å². The van der Waals surface area contributed by atoms with Gasteiger partial charge in [-0.1, -0.05) is 17.8 Å². The maximum atomic E-state index is 11.4. The lowest BCUT2D eigenvalue weighted by atomic mass is 10.3. The van der Waals surface area contributed by atoms with Crippen molar-refractivity contribution in [2.45, 2.75) is 11.7 Å². The fraction of sp³-hybridized carbons (Fsp3) is 0.375. The van der Waals surface area contributed by atoms with E-state index in [1.54, 1.807) is 0 Å². The molecule has 0 aliphatic carbocycles. The number of rotatable bonds is 4. The predicted octanol–water partition coefficient (Wildman–Crippen LogP) is -0.624. The zero-order valence-electron chi connectivity index (χ0n) is 7.26. The number of carboxylic acid groups (broad SMARTS) is 1. The van der Waals surface area contributed by atoms with Crippen LogP contribution in [0.1, 0.15) is 6.42 Å². The van der Waals surface area contributed by atoms with Gasteiger partial charge in [-0.3, -0.25) is 14.5 Å². The molecular formula is C8H8NO4S-. The largest absolute Gasteiger partial charge is 0.550 e. The van der Waals surface area contributed by atoms with Crippen molar-refractivity contribution in [1.82, 2.24) is 4.90 Å². The average Bonchev–Trinajstić information content (AvgIpc) is 2.32. The van der Waals surface area contributed by atoms with Crippen LogP contribution in [-0.4, -0.2) is 33.8 Å². The van der Waals surface area contributed by atoms with Crippen LogP contribution >= 0.6 is 11.8 Å². The second-order valence-electron chi connectivity index (χ2n) is 2.69. The summed E-state index contributed by atoms with van der Waals surface area (Å²) in [7, 11) is 0. The number of carboxylic acids is 1. The molecule has 1 heterocycles. The third-order valence-electron chi connectivity index (χ3n) is 1.67. The molecule has 1 aliphatic rings. The van der Waals surface area contributed by atoms with Gasteiger partial charge in [0.2, 0.25) is 5.91 Å². The molecule has 0 bridgehead atoms. The molecule has 0 unspecified atom stereocenters. The molecule has 0 aromatic carbocycles. The van der Waals surface area contributed by atoms with Crippen LogP contribution in [0.4, 0.5) is 4.79 Å². The first kappa shape index (κ1) is 10.8. The molecule has 0 aromatic rings. The van der Waals surface area contributed by atoms with Gasteiger partial charge in [-0.2, -0.15) is 0 Å². The smallest absolute Gasteiger partial charge is 0.289 e. The number of carbonyl (C=O) groups is 3. The van der Waals surface area contributed by atoms with E-state index >= 15 is 0 Å². The van der Waals surface area contributed by atoms with Gasteiger partial charge in [0, 0.05) is 18.9 Å². The molecule has 0 N–H and O–H groups in total. The molecule has 76 valence electrons.